The van der Waals surface area contributed by atoms with Crippen molar-refractivity contribution in [1.29, 1.82) is 0 Å². The maximum atomic E-state index is 11.9. The Bertz CT molecular complexity index is 308. The van der Waals surface area contributed by atoms with Crippen molar-refractivity contribution in [2.75, 3.05) is 5.73 Å². The van der Waals surface area contributed by atoms with Gasteiger partial charge < -0.3 is 5.73 Å². The summed E-state index contributed by atoms with van der Waals surface area (Å²) >= 11 is 0. The summed E-state index contributed by atoms with van der Waals surface area (Å²) < 4.78 is 11.9. The maximum absolute atomic E-state index is 11.9. The Hall–Kier alpha value is -0.830. The molecule has 1 rings (SSSR count). The Morgan fingerprint density at radius 1 is 1.36 bits per heavy atom. The summed E-state index contributed by atoms with van der Waals surface area (Å²) in [5.74, 6) is 0. The average Bonchev–Trinajstić information content (AvgIpc) is 2.18. The first kappa shape index (κ1) is 11.2. The Morgan fingerprint density at radius 3 is 2.43 bits per heavy atom. The SMILES string of the molecule is CCCC(C)S(=O)c1ccc(N)cc1. The standard InChI is InChI=1S/C11H17NOS/c1-3-4-9(2)14(13)11-7-5-10(12)6-8-11/h5-9H,3-4,12H2,1-2H3. The van der Waals surface area contributed by atoms with E-state index in [9.17, 15) is 4.21 Å². The fraction of sp³-hybridized carbons (Fsp3) is 0.455. The molecule has 0 bridgehead atoms. The van der Waals surface area contributed by atoms with Crippen molar-refractivity contribution < 1.29 is 4.21 Å². The van der Waals surface area contributed by atoms with E-state index in [1.807, 2.05) is 19.1 Å². The molecule has 0 aromatic heterocycles. The number of rotatable bonds is 4. The Labute approximate surface area is 88.0 Å². The van der Waals surface area contributed by atoms with Crippen molar-refractivity contribution in [3.8, 4) is 0 Å². The van der Waals surface area contributed by atoms with Crippen LogP contribution in [-0.2, 0) is 10.8 Å². The Kier molecular flexibility index (Phi) is 4.14. The molecule has 0 aliphatic heterocycles. The highest BCUT2D eigenvalue weighted by molar-refractivity contribution is 7.85. The largest absolute Gasteiger partial charge is 0.399 e. The Morgan fingerprint density at radius 2 is 1.93 bits per heavy atom. The van der Waals surface area contributed by atoms with E-state index >= 15 is 0 Å². The predicted molar refractivity (Wildman–Crippen MR) is 61.6 cm³/mol. The third-order valence-corrected chi connectivity index (χ3v) is 3.88. The van der Waals surface area contributed by atoms with E-state index in [2.05, 4.69) is 6.92 Å². The molecule has 0 aliphatic carbocycles. The number of hydrogen-bond donors (Lipinski definition) is 1. The summed E-state index contributed by atoms with van der Waals surface area (Å²) in [5.41, 5.74) is 6.28. The van der Waals surface area contributed by atoms with Crippen LogP contribution in [0.1, 0.15) is 26.7 Å². The zero-order valence-corrected chi connectivity index (χ0v) is 9.51. The van der Waals surface area contributed by atoms with E-state index in [1.54, 1.807) is 12.1 Å². The second-order valence-corrected chi connectivity index (χ2v) is 5.34. The highest BCUT2D eigenvalue weighted by Crippen LogP contribution is 2.16. The molecule has 2 atom stereocenters. The van der Waals surface area contributed by atoms with Crippen LogP contribution in [0.25, 0.3) is 0 Å². The van der Waals surface area contributed by atoms with Gasteiger partial charge in [0.15, 0.2) is 0 Å². The van der Waals surface area contributed by atoms with Crippen LogP contribution < -0.4 is 5.73 Å². The average molecular weight is 211 g/mol. The minimum atomic E-state index is -0.892. The van der Waals surface area contributed by atoms with Crippen molar-refractivity contribution in [3.63, 3.8) is 0 Å². The number of nitrogen functional groups attached to an aromatic ring is 1. The molecule has 0 spiro atoms. The third kappa shape index (κ3) is 2.84. The molecule has 2 unspecified atom stereocenters. The van der Waals surface area contributed by atoms with Crippen molar-refractivity contribution in [2.24, 2.45) is 0 Å². The first-order valence-corrected chi connectivity index (χ1v) is 6.12. The zero-order valence-electron chi connectivity index (χ0n) is 8.69. The quantitative estimate of drug-likeness (QED) is 0.778. The third-order valence-electron chi connectivity index (χ3n) is 2.17. The van der Waals surface area contributed by atoms with E-state index < -0.39 is 10.8 Å². The predicted octanol–water partition coefficient (Wildman–Crippen LogP) is 2.57. The van der Waals surface area contributed by atoms with E-state index in [0.29, 0.717) is 5.69 Å². The second kappa shape index (κ2) is 5.15. The van der Waals surface area contributed by atoms with Gasteiger partial charge in [-0.25, -0.2) is 0 Å². The zero-order chi connectivity index (χ0) is 10.6. The summed E-state index contributed by atoms with van der Waals surface area (Å²) in [6.07, 6.45) is 2.07. The summed E-state index contributed by atoms with van der Waals surface area (Å²) in [7, 11) is -0.892. The van der Waals surface area contributed by atoms with Crippen LogP contribution in [0.5, 0.6) is 0 Å². The van der Waals surface area contributed by atoms with Gasteiger partial charge in [-0.1, -0.05) is 20.3 Å². The maximum Gasteiger partial charge on any atom is 0.0558 e. The first-order chi connectivity index (χ1) is 6.65. The molecular formula is C11H17NOS. The van der Waals surface area contributed by atoms with Gasteiger partial charge in [0, 0.05) is 15.8 Å². The van der Waals surface area contributed by atoms with Gasteiger partial charge in [-0.3, -0.25) is 4.21 Å². The summed E-state index contributed by atoms with van der Waals surface area (Å²) in [5, 5.41) is 0.226. The molecular weight excluding hydrogens is 194 g/mol. The Balaban J connectivity index is 2.74. The minimum absolute atomic E-state index is 0.226. The molecule has 14 heavy (non-hydrogen) atoms. The molecule has 0 fully saturated rings. The van der Waals surface area contributed by atoms with Crippen LogP contribution in [0.4, 0.5) is 5.69 Å². The fourth-order valence-electron chi connectivity index (χ4n) is 1.35. The number of hydrogen-bond acceptors (Lipinski definition) is 2. The van der Waals surface area contributed by atoms with Gasteiger partial charge in [0.1, 0.15) is 0 Å². The lowest BCUT2D eigenvalue weighted by Crippen LogP contribution is -2.10. The summed E-state index contributed by atoms with van der Waals surface area (Å²) in [6, 6.07) is 7.28. The molecule has 0 heterocycles. The molecule has 0 aliphatic rings. The van der Waals surface area contributed by atoms with Crippen molar-refractivity contribution >= 4 is 16.5 Å². The molecule has 1 aromatic rings. The lowest BCUT2D eigenvalue weighted by atomic mass is 10.3. The topological polar surface area (TPSA) is 43.1 Å². The minimum Gasteiger partial charge on any atom is -0.399 e. The van der Waals surface area contributed by atoms with Crippen LogP contribution >= 0.6 is 0 Å². The molecule has 0 amide bonds. The molecule has 3 heteroatoms. The van der Waals surface area contributed by atoms with E-state index in [4.69, 9.17) is 5.73 Å². The van der Waals surface area contributed by atoms with Gasteiger partial charge in [0.25, 0.3) is 0 Å². The van der Waals surface area contributed by atoms with Crippen LogP contribution in [0.2, 0.25) is 0 Å². The van der Waals surface area contributed by atoms with Crippen molar-refractivity contribution in [3.05, 3.63) is 24.3 Å². The molecule has 2 nitrogen and oxygen atoms in total. The highest BCUT2D eigenvalue weighted by atomic mass is 32.2. The van der Waals surface area contributed by atoms with Gasteiger partial charge in [0.05, 0.1) is 10.8 Å². The second-order valence-electron chi connectivity index (χ2n) is 3.47. The van der Waals surface area contributed by atoms with E-state index in [1.165, 1.54) is 0 Å². The van der Waals surface area contributed by atoms with E-state index in [0.717, 1.165) is 17.7 Å². The molecule has 0 saturated carbocycles. The van der Waals surface area contributed by atoms with Gasteiger partial charge in [-0.05, 0) is 30.7 Å². The summed E-state index contributed by atoms with van der Waals surface area (Å²) in [6.45, 7) is 4.13. The van der Waals surface area contributed by atoms with Crippen molar-refractivity contribution in [1.82, 2.24) is 0 Å². The molecule has 2 N–H and O–H groups in total. The highest BCUT2D eigenvalue weighted by Gasteiger charge is 2.11. The number of anilines is 1. The van der Waals surface area contributed by atoms with Crippen LogP contribution in [-0.4, -0.2) is 9.46 Å². The van der Waals surface area contributed by atoms with E-state index in [-0.39, 0.29) is 5.25 Å². The monoisotopic (exact) mass is 211 g/mol. The molecule has 78 valence electrons. The molecule has 0 radical (unpaired) electrons. The molecule has 1 aromatic carbocycles. The number of nitrogens with two attached hydrogens (primary N) is 1. The smallest absolute Gasteiger partial charge is 0.0558 e. The first-order valence-electron chi connectivity index (χ1n) is 4.91. The van der Waals surface area contributed by atoms with Gasteiger partial charge >= 0.3 is 0 Å². The van der Waals surface area contributed by atoms with Gasteiger partial charge in [0.2, 0.25) is 0 Å². The van der Waals surface area contributed by atoms with Crippen LogP contribution in [0.15, 0.2) is 29.2 Å². The lowest BCUT2D eigenvalue weighted by molar-refractivity contribution is 0.662. The lowest BCUT2D eigenvalue weighted by Gasteiger charge is -2.09. The molecule has 0 saturated heterocycles. The van der Waals surface area contributed by atoms with Gasteiger partial charge in [-0.2, -0.15) is 0 Å². The summed E-state index contributed by atoms with van der Waals surface area (Å²) in [4.78, 5) is 0.875. The van der Waals surface area contributed by atoms with Gasteiger partial charge in [-0.15, -0.1) is 0 Å². The van der Waals surface area contributed by atoms with Crippen molar-refractivity contribution in [2.45, 2.75) is 36.8 Å². The van der Waals surface area contributed by atoms with Crippen LogP contribution in [0.3, 0.4) is 0 Å². The fourth-order valence-corrected chi connectivity index (χ4v) is 2.67. The van der Waals surface area contributed by atoms with Crippen LogP contribution in [0, 0.1) is 0 Å². The normalized spacial score (nSPS) is 15.0. The number of benzene rings is 1.